The average Bonchev–Trinajstić information content (AvgIpc) is 2.58. The fourth-order valence-corrected chi connectivity index (χ4v) is 2.16. The molecule has 118 valence electrons. The molecule has 0 saturated carbocycles. The monoisotopic (exact) mass is 302 g/mol. The van der Waals surface area contributed by atoms with Crippen molar-refractivity contribution in [1.29, 1.82) is 0 Å². The molecule has 2 aromatic carbocycles. The third kappa shape index (κ3) is 5.06. The SMILES string of the molecule is COCC[NH2+]Cc1ccc(OCc2ccccc2)c(OC)c1. The summed E-state index contributed by atoms with van der Waals surface area (Å²) in [7, 11) is 3.39. The zero-order valence-corrected chi connectivity index (χ0v) is 13.2. The Balaban J connectivity index is 1.93. The van der Waals surface area contributed by atoms with E-state index in [2.05, 4.69) is 11.4 Å². The maximum atomic E-state index is 5.86. The third-order valence-corrected chi connectivity index (χ3v) is 3.37. The summed E-state index contributed by atoms with van der Waals surface area (Å²) in [6.07, 6.45) is 0. The van der Waals surface area contributed by atoms with Crippen molar-refractivity contribution in [3.05, 3.63) is 59.7 Å². The molecule has 0 amide bonds. The largest absolute Gasteiger partial charge is 0.493 e. The van der Waals surface area contributed by atoms with E-state index in [0.717, 1.165) is 36.8 Å². The minimum Gasteiger partial charge on any atom is -0.493 e. The van der Waals surface area contributed by atoms with Crippen molar-refractivity contribution in [3.63, 3.8) is 0 Å². The summed E-state index contributed by atoms with van der Waals surface area (Å²) >= 11 is 0. The van der Waals surface area contributed by atoms with E-state index >= 15 is 0 Å². The molecule has 0 aliphatic carbocycles. The van der Waals surface area contributed by atoms with Crippen molar-refractivity contribution < 1.29 is 19.5 Å². The lowest BCUT2D eigenvalue weighted by Crippen LogP contribution is -2.83. The van der Waals surface area contributed by atoms with E-state index in [4.69, 9.17) is 14.2 Å². The van der Waals surface area contributed by atoms with Gasteiger partial charge in [0.2, 0.25) is 0 Å². The molecule has 2 aromatic rings. The summed E-state index contributed by atoms with van der Waals surface area (Å²) in [5.74, 6) is 1.54. The second-order valence-electron chi connectivity index (χ2n) is 5.03. The minimum absolute atomic E-state index is 0.538. The lowest BCUT2D eigenvalue weighted by molar-refractivity contribution is -0.671. The molecule has 4 nitrogen and oxygen atoms in total. The van der Waals surface area contributed by atoms with E-state index in [0.29, 0.717) is 6.61 Å². The second-order valence-corrected chi connectivity index (χ2v) is 5.03. The summed E-state index contributed by atoms with van der Waals surface area (Å²) < 4.78 is 16.3. The van der Waals surface area contributed by atoms with Gasteiger partial charge < -0.3 is 19.5 Å². The van der Waals surface area contributed by atoms with Gasteiger partial charge in [-0.15, -0.1) is 0 Å². The Morgan fingerprint density at radius 2 is 1.73 bits per heavy atom. The molecule has 0 bridgehead atoms. The lowest BCUT2D eigenvalue weighted by atomic mass is 10.2. The highest BCUT2D eigenvalue weighted by Gasteiger charge is 2.07. The van der Waals surface area contributed by atoms with Gasteiger partial charge in [-0.2, -0.15) is 0 Å². The van der Waals surface area contributed by atoms with E-state index in [9.17, 15) is 0 Å². The van der Waals surface area contributed by atoms with Crippen LogP contribution in [0.25, 0.3) is 0 Å². The molecule has 0 aliphatic rings. The van der Waals surface area contributed by atoms with E-state index in [-0.39, 0.29) is 0 Å². The van der Waals surface area contributed by atoms with Crippen LogP contribution in [0.3, 0.4) is 0 Å². The standard InChI is InChI=1S/C18H23NO3/c1-20-11-10-19-13-16-8-9-17(18(12-16)21-2)22-14-15-6-4-3-5-7-15/h3-9,12,19H,10-11,13-14H2,1-2H3/p+1. The van der Waals surface area contributed by atoms with Crippen molar-refractivity contribution in [2.75, 3.05) is 27.4 Å². The van der Waals surface area contributed by atoms with Crippen LogP contribution in [0.2, 0.25) is 0 Å². The second kappa shape index (κ2) is 9.07. The fourth-order valence-electron chi connectivity index (χ4n) is 2.16. The molecule has 0 fully saturated rings. The van der Waals surface area contributed by atoms with E-state index < -0.39 is 0 Å². The Hall–Kier alpha value is -2.04. The predicted molar refractivity (Wildman–Crippen MR) is 86.1 cm³/mol. The summed E-state index contributed by atoms with van der Waals surface area (Å²) in [5.41, 5.74) is 2.35. The number of ether oxygens (including phenoxy) is 3. The summed E-state index contributed by atoms with van der Waals surface area (Å²) in [6, 6.07) is 16.2. The van der Waals surface area contributed by atoms with Crippen molar-refractivity contribution in [3.8, 4) is 11.5 Å². The van der Waals surface area contributed by atoms with Gasteiger partial charge >= 0.3 is 0 Å². The molecule has 0 saturated heterocycles. The Morgan fingerprint density at radius 1 is 0.909 bits per heavy atom. The molecule has 0 radical (unpaired) electrons. The van der Waals surface area contributed by atoms with E-state index in [1.165, 1.54) is 5.56 Å². The van der Waals surface area contributed by atoms with E-state index in [1.54, 1.807) is 14.2 Å². The number of methoxy groups -OCH3 is 2. The molecule has 4 heteroatoms. The zero-order valence-electron chi connectivity index (χ0n) is 13.2. The average molecular weight is 302 g/mol. The first-order valence-electron chi connectivity index (χ1n) is 7.47. The minimum atomic E-state index is 0.538. The van der Waals surface area contributed by atoms with Gasteiger partial charge in [-0.05, 0) is 23.8 Å². The lowest BCUT2D eigenvalue weighted by Gasteiger charge is -2.12. The molecule has 22 heavy (non-hydrogen) atoms. The molecular formula is C18H24NO3+. The Labute approximate surface area is 132 Å². The topological polar surface area (TPSA) is 44.3 Å². The van der Waals surface area contributed by atoms with Crippen LogP contribution in [-0.4, -0.2) is 27.4 Å². The maximum Gasteiger partial charge on any atom is 0.161 e. The summed E-state index contributed by atoms with van der Waals surface area (Å²) in [6.45, 7) is 3.15. The van der Waals surface area contributed by atoms with Gasteiger partial charge in [0.15, 0.2) is 11.5 Å². The first kappa shape index (κ1) is 16.3. The number of benzene rings is 2. The van der Waals surface area contributed by atoms with E-state index in [1.807, 2.05) is 42.5 Å². The first-order chi connectivity index (χ1) is 10.8. The number of rotatable bonds is 9. The first-order valence-corrected chi connectivity index (χ1v) is 7.47. The Kier molecular flexibility index (Phi) is 6.74. The number of nitrogens with two attached hydrogens (primary N) is 1. The van der Waals surface area contributed by atoms with Crippen molar-refractivity contribution in [2.45, 2.75) is 13.2 Å². The zero-order chi connectivity index (χ0) is 15.6. The molecule has 0 atom stereocenters. The molecule has 2 rings (SSSR count). The molecule has 2 N–H and O–H groups in total. The van der Waals surface area contributed by atoms with Gasteiger partial charge in [0, 0.05) is 12.7 Å². The maximum absolute atomic E-state index is 5.86. The molecule has 0 aromatic heterocycles. The number of hydrogen-bond donors (Lipinski definition) is 1. The number of quaternary nitrogens is 1. The molecule has 0 unspecified atom stereocenters. The number of hydrogen-bond acceptors (Lipinski definition) is 3. The Morgan fingerprint density at radius 3 is 2.45 bits per heavy atom. The molecular weight excluding hydrogens is 278 g/mol. The van der Waals surface area contributed by atoms with Gasteiger partial charge in [0.1, 0.15) is 13.2 Å². The quantitative estimate of drug-likeness (QED) is 0.720. The molecule has 0 aliphatic heterocycles. The van der Waals surface area contributed by atoms with Crippen LogP contribution in [0.4, 0.5) is 0 Å². The van der Waals surface area contributed by atoms with Gasteiger partial charge in [0.25, 0.3) is 0 Å². The van der Waals surface area contributed by atoms with Gasteiger partial charge in [-0.3, -0.25) is 0 Å². The predicted octanol–water partition coefficient (Wildman–Crippen LogP) is 1.98. The van der Waals surface area contributed by atoms with Crippen LogP contribution in [0.15, 0.2) is 48.5 Å². The van der Waals surface area contributed by atoms with Crippen LogP contribution in [0.5, 0.6) is 11.5 Å². The van der Waals surface area contributed by atoms with Crippen LogP contribution < -0.4 is 14.8 Å². The van der Waals surface area contributed by atoms with Crippen LogP contribution in [0.1, 0.15) is 11.1 Å². The van der Waals surface area contributed by atoms with Crippen LogP contribution in [-0.2, 0) is 17.9 Å². The molecule has 0 spiro atoms. The smallest absolute Gasteiger partial charge is 0.161 e. The van der Waals surface area contributed by atoms with Gasteiger partial charge in [-0.1, -0.05) is 30.3 Å². The summed E-state index contributed by atoms with van der Waals surface area (Å²) in [4.78, 5) is 0. The Bertz CT molecular complexity index is 558. The van der Waals surface area contributed by atoms with Crippen molar-refractivity contribution in [1.82, 2.24) is 0 Å². The van der Waals surface area contributed by atoms with Gasteiger partial charge in [-0.25, -0.2) is 0 Å². The van der Waals surface area contributed by atoms with Crippen molar-refractivity contribution >= 4 is 0 Å². The highest BCUT2D eigenvalue weighted by molar-refractivity contribution is 5.42. The van der Waals surface area contributed by atoms with Gasteiger partial charge in [0.05, 0.1) is 20.3 Å². The van der Waals surface area contributed by atoms with Crippen LogP contribution in [0, 0.1) is 0 Å². The third-order valence-electron chi connectivity index (χ3n) is 3.37. The molecule has 0 heterocycles. The van der Waals surface area contributed by atoms with Crippen molar-refractivity contribution in [2.24, 2.45) is 0 Å². The fraction of sp³-hybridized carbons (Fsp3) is 0.333. The highest BCUT2D eigenvalue weighted by atomic mass is 16.5. The summed E-state index contributed by atoms with van der Waals surface area (Å²) in [5, 5.41) is 2.21. The van der Waals surface area contributed by atoms with Crippen LogP contribution >= 0.6 is 0 Å². The highest BCUT2D eigenvalue weighted by Crippen LogP contribution is 2.28. The normalized spacial score (nSPS) is 10.5.